The molecule has 0 bridgehead atoms. The number of hydrogen-bond acceptors (Lipinski definition) is 3. The van der Waals surface area contributed by atoms with Crippen molar-refractivity contribution in [2.45, 2.75) is 19.3 Å². The van der Waals surface area contributed by atoms with Crippen LogP contribution >= 0.6 is 15.9 Å². The molecule has 0 saturated carbocycles. The molecular weight excluding hydrogens is 260 g/mol. The molecule has 0 spiro atoms. The zero-order chi connectivity index (χ0) is 10.7. The van der Waals surface area contributed by atoms with Crippen LogP contribution in [0.5, 0.6) is 0 Å². The van der Waals surface area contributed by atoms with Crippen LogP contribution in [0, 0.1) is 5.92 Å². The van der Waals surface area contributed by atoms with Crippen molar-refractivity contribution >= 4 is 21.7 Å². The summed E-state index contributed by atoms with van der Waals surface area (Å²) in [7, 11) is 0. The molecule has 0 atom stereocenters. The average molecular weight is 273 g/mol. The highest BCUT2D eigenvalue weighted by Crippen LogP contribution is 2.22. The zero-order valence-corrected chi connectivity index (χ0v) is 9.96. The number of carbonyl (C=O) groups is 1. The molecule has 1 aromatic rings. The predicted octanol–water partition coefficient (Wildman–Crippen LogP) is 3.04. The van der Waals surface area contributed by atoms with Gasteiger partial charge in [-0.3, -0.25) is 4.79 Å². The highest BCUT2D eigenvalue weighted by Gasteiger charge is 2.20. The van der Waals surface area contributed by atoms with E-state index in [2.05, 4.69) is 15.9 Å². The number of ether oxygens (including phenoxy) is 1. The Balaban J connectivity index is 1.91. The van der Waals surface area contributed by atoms with Crippen LogP contribution in [0.1, 0.15) is 29.8 Å². The summed E-state index contributed by atoms with van der Waals surface area (Å²) < 4.78 is 11.1. The molecule has 0 N–H and O–H groups in total. The van der Waals surface area contributed by atoms with Gasteiger partial charge in [-0.15, -0.1) is 0 Å². The van der Waals surface area contributed by atoms with Crippen molar-refractivity contribution in [3.8, 4) is 0 Å². The van der Waals surface area contributed by atoms with Gasteiger partial charge in [-0.1, -0.05) is 0 Å². The number of carbonyl (C=O) groups excluding carboxylic acids is 1. The molecule has 1 aliphatic rings. The molecule has 0 unspecified atom stereocenters. The third-order valence-corrected chi connectivity index (χ3v) is 3.09. The molecule has 2 heterocycles. The second-order valence-electron chi connectivity index (χ2n) is 3.79. The second-order valence-corrected chi connectivity index (χ2v) is 4.57. The molecule has 1 fully saturated rings. The van der Waals surface area contributed by atoms with E-state index in [9.17, 15) is 4.79 Å². The van der Waals surface area contributed by atoms with Crippen LogP contribution in [0.3, 0.4) is 0 Å². The average Bonchev–Trinajstić information content (AvgIpc) is 2.66. The maximum atomic E-state index is 11.8. The second kappa shape index (κ2) is 4.94. The first kappa shape index (κ1) is 10.9. The van der Waals surface area contributed by atoms with Crippen molar-refractivity contribution in [1.82, 2.24) is 0 Å². The maximum absolute atomic E-state index is 11.8. The van der Waals surface area contributed by atoms with Gasteiger partial charge in [0, 0.05) is 19.6 Å². The standard InChI is InChI=1S/C11H13BrO3/c12-11-2-1-10(15-11)9(13)7-8-3-5-14-6-4-8/h1-2,8H,3-7H2. The number of ketones is 1. The molecule has 3 nitrogen and oxygen atoms in total. The van der Waals surface area contributed by atoms with Crippen molar-refractivity contribution in [2.24, 2.45) is 5.92 Å². The highest BCUT2D eigenvalue weighted by molar-refractivity contribution is 9.10. The van der Waals surface area contributed by atoms with Crippen molar-refractivity contribution in [3.05, 3.63) is 22.6 Å². The molecule has 1 saturated heterocycles. The number of halogens is 1. The van der Waals surface area contributed by atoms with Crippen LogP contribution in [0.25, 0.3) is 0 Å². The fourth-order valence-corrected chi connectivity index (χ4v) is 2.08. The van der Waals surface area contributed by atoms with Crippen LogP contribution < -0.4 is 0 Å². The molecule has 82 valence electrons. The Bertz CT molecular complexity index is 339. The number of hydrogen-bond donors (Lipinski definition) is 0. The van der Waals surface area contributed by atoms with Gasteiger partial charge in [0.15, 0.2) is 16.2 Å². The summed E-state index contributed by atoms with van der Waals surface area (Å²) in [6.07, 6.45) is 2.53. The lowest BCUT2D eigenvalue weighted by Gasteiger charge is -2.20. The molecule has 0 radical (unpaired) electrons. The van der Waals surface area contributed by atoms with E-state index in [0.717, 1.165) is 26.1 Å². The monoisotopic (exact) mass is 272 g/mol. The minimum absolute atomic E-state index is 0.0904. The van der Waals surface area contributed by atoms with Gasteiger partial charge in [0.1, 0.15) is 0 Å². The van der Waals surface area contributed by atoms with Crippen LogP contribution in [0.2, 0.25) is 0 Å². The van der Waals surface area contributed by atoms with E-state index in [-0.39, 0.29) is 5.78 Å². The summed E-state index contributed by atoms with van der Waals surface area (Å²) in [6.45, 7) is 1.56. The molecule has 0 aliphatic carbocycles. The Labute approximate surface area is 96.9 Å². The summed E-state index contributed by atoms with van der Waals surface area (Å²) in [5, 5.41) is 0. The van der Waals surface area contributed by atoms with E-state index >= 15 is 0 Å². The van der Waals surface area contributed by atoms with Crippen LogP contribution in [-0.4, -0.2) is 19.0 Å². The van der Waals surface area contributed by atoms with Crippen molar-refractivity contribution in [2.75, 3.05) is 13.2 Å². The van der Waals surface area contributed by atoms with E-state index in [1.165, 1.54) is 0 Å². The smallest absolute Gasteiger partial charge is 0.198 e. The van der Waals surface area contributed by atoms with Crippen LogP contribution in [-0.2, 0) is 4.74 Å². The van der Waals surface area contributed by atoms with Gasteiger partial charge < -0.3 is 9.15 Å². The largest absolute Gasteiger partial charge is 0.446 e. The van der Waals surface area contributed by atoms with E-state index in [1.807, 2.05) is 0 Å². The van der Waals surface area contributed by atoms with Gasteiger partial charge in [-0.05, 0) is 46.8 Å². The van der Waals surface area contributed by atoms with E-state index < -0.39 is 0 Å². The minimum atomic E-state index is 0.0904. The Hall–Kier alpha value is -0.610. The highest BCUT2D eigenvalue weighted by atomic mass is 79.9. The molecule has 1 aromatic heterocycles. The number of furan rings is 1. The topological polar surface area (TPSA) is 39.4 Å². The fourth-order valence-electron chi connectivity index (χ4n) is 1.78. The molecular formula is C11H13BrO3. The van der Waals surface area contributed by atoms with E-state index in [0.29, 0.717) is 22.8 Å². The number of rotatable bonds is 3. The Kier molecular flexibility index (Phi) is 3.59. The van der Waals surface area contributed by atoms with Gasteiger partial charge in [0.25, 0.3) is 0 Å². The minimum Gasteiger partial charge on any atom is -0.446 e. The maximum Gasteiger partial charge on any atom is 0.198 e. The van der Waals surface area contributed by atoms with Crippen molar-refractivity contribution in [3.63, 3.8) is 0 Å². The molecule has 2 rings (SSSR count). The lowest BCUT2D eigenvalue weighted by atomic mass is 9.94. The zero-order valence-electron chi connectivity index (χ0n) is 8.37. The van der Waals surface area contributed by atoms with Gasteiger partial charge >= 0.3 is 0 Å². The summed E-state index contributed by atoms with van der Waals surface area (Å²) in [5.74, 6) is 0.996. The first-order chi connectivity index (χ1) is 7.25. The first-order valence-electron chi connectivity index (χ1n) is 5.12. The van der Waals surface area contributed by atoms with Crippen molar-refractivity contribution in [1.29, 1.82) is 0 Å². The quantitative estimate of drug-likeness (QED) is 0.794. The molecule has 1 aliphatic heterocycles. The van der Waals surface area contributed by atoms with Gasteiger partial charge in [-0.25, -0.2) is 0 Å². The Morgan fingerprint density at radius 2 is 2.13 bits per heavy atom. The third kappa shape index (κ3) is 2.92. The Morgan fingerprint density at radius 3 is 2.73 bits per heavy atom. The fraction of sp³-hybridized carbons (Fsp3) is 0.545. The lowest BCUT2D eigenvalue weighted by molar-refractivity contribution is 0.0592. The normalized spacial score (nSPS) is 17.9. The Morgan fingerprint density at radius 1 is 1.40 bits per heavy atom. The molecule has 0 aromatic carbocycles. The molecule has 15 heavy (non-hydrogen) atoms. The summed E-state index contributed by atoms with van der Waals surface area (Å²) in [4.78, 5) is 11.8. The molecule has 0 amide bonds. The third-order valence-electron chi connectivity index (χ3n) is 2.66. The van der Waals surface area contributed by atoms with Crippen LogP contribution in [0.4, 0.5) is 0 Å². The first-order valence-corrected chi connectivity index (χ1v) is 5.91. The number of Topliss-reactive ketones (excluding diaryl/α,β-unsaturated/α-hetero) is 1. The SMILES string of the molecule is O=C(CC1CCOCC1)c1ccc(Br)o1. The lowest BCUT2D eigenvalue weighted by Crippen LogP contribution is -2.18. The molecule has 4 heteroatoms. The summed E-state index contributed by atoms with van der Waals surface area (Å²) in [6, 6.07) is 3.46. The van der Waals surface area contributed by atoms with Gasteiger partial charge in [-0.2, -0.15) is 0 Å². The summed E-state index contributed by atoms with van der Waals surface area (Å²) >= 11 is 3.19. The van der Waals surface area contributed by atoms with Gasteiger partial charge in [0.05, 0.1) is 0 Å². The van der Waals surface area contributed by atoms with E-state index in [4.69, 9.17) is 9.15 Å². The van der Waals surface area contributed by atoms with Gasteiger partial charge in [0.2, 0.25) is 0 Å². The van der Waals surface area contributed by atoms with E-state index in [1.54, 1.807) is 12.1 Å². The predicted molar refractivity (Wildman–Crippen MR) is 58.9 cm³/mol. The van der Waals surface area contributed by atoms with Crippen molar-refractivity contribution < 1.29 is 13.9 Å². The summed E-state index contributed by atoms with van der Waals surface area (Å²) in [5.41, 5.74) is 0. The van der Waals surface area contributed by atoms with Crippen LogP contribution in [0.15, 0.2) is 21.2 Å².